The Labute approximate surface area is 161 Å². The van der Waals surface area contributed by atoms with Crippen LogP contribution in [0.15, 0.2) is 12.1 Å². The molecule has 1 N–H and O–H groups in total. The SMILES string of the molecule is COC(=O)c1cc(NC(=O)N(C[C@H]2CCCO2)C[C@@H]2CCCO2)c(F)cc1F. The number of carbonyl (C=O) groups is 2. The van der Waals surface area contributed by atoms with Crippen LogP contribution in [0.3, 0.4) is 0 Å². The van der Waals surface area contributed by atoms with E-state index >= 15 is 0 Å². The molecular weight excluding hydrogens is 374 g/mol. The molecule has 0 aliphatic carbocycles. The molecule has 0 radical (unpaired) electrons. The van der Waals surface area contributed by atoms with Crippen molar-refractivity contribution in [3.8, 4) is 0 Å². The molecule has 1 aromatic carbocycles. The van der Waals surface area contributed by atoms with Crippen LogP contribution in [0.4, 0.5) is 19.3 Å². The van der Waals surface area contributed by atoms with E-state index in [4.69, 9.17) is 9.47 Å². The highest BCUT2D eigenvalue weighted by atomic mass is 19.1. The molecular formula is C19H24F2N2O5. The van der Waals surface area contributed by atoms with Gasteiger partial charge in [-0.05, 0) is 31.7 Å². The minimum Gasteiger partial charge on any atom is -0.465 e. The lowest BCUT2D eigenvalue weighted by Crippen LogP contribution is -2.44. The average molecular weight is 398 g/mol. The van der Waals surface area contributed by atoms with Gasteiger partial charge < -0.3 is 24.4 Å². The summed E-state index contributed by atoms with van der Waals surface area (Å²) < 4.78 is 43.7. The molecule has 7 nitrogen and oxygen atoms in total. The van der Waals surface area contributed by atoms with Crippen LogP contribution in [0, 0.1) is 11.6 Å². The molecule has 2 heterocycles. The van der Waals surface area contributed by atoms with Crippen molar-refractivity contribution in [2.45, 2.75) is 37.9 Å². The van der Waals surface area contributed by atoms with E-state index in [0.717, 1.165) is 38.9 Å². The van der Waals surface area contributed by atoms with Gasteiger partial charge in [0.25, 0.3) is 0 Å². The van der Waals surface area contributed by atoms with Gasteiger partial charge in [0.15, 0.2) is 0 Å². The number of nitrogens with one attached hydrogen (secondary N) is 1. The van der Waals surface area contributed by atoms with Crippen LogP contribution in [-0.2, 0) is 14.2 Å². The van der Waals surface area contributed by atoms with Crippen molar-refractivity contribution >= 4 is 17.7 Å². The number of hydrogen-bond acceptors (Lipinski definition) is 5. The lowest BCUT2D eigenvalue weighted by molar-refractivity contribution is 0.0524. The molecule has 2 saturated heterocycles. The summed E-state index contributed by atoms with van der Waals surface area (Å²) in [5.74, 6) is -2.99. The van der Waals surface area contributed by atoms with Crippen molar-refractivity contribution in [3.05, 3.63) is 29.3 Å². The molecule has 0 aromatic heterocycles. The van der Waals surface area contributed by atoms with E-state index in [1.165, 1.54) is 4.90 Å². The third-order valence-electron chi connectivity index (χ3n) is 4.89. The Kier molecular flexibility index (Phi) is 6.79. The van der Waals surface area contributed by atoms with E-state index in [-0.39, 0.29) is 17.9 Å². The number of hydrogen-bond donors (Lipinski definition) is 1. The lowest BCUT2D eigenvalue weighted by Gasteiger charge is -2.28. The van der Waals surface area contributed by atoms with Gasteiger partial charge in [0.2, 0.25) is 0 Å². The number of esters is 1. The van der Waals surface area contributed by atoms with E-state index in [1.54, 1.807) is 0 Å². The smallest absolute Gasteiger partial charge is 0.340 e. The van der Waals surface area contributed by atoms with Gasteiger partial charge in [-0.25, -0.2) is 18.4 Å². The summed E-state index contributed by atoms with van der Waals surface area (Å²) in [5, 5.41) is 2.43. The number of methoxy groups -OCH3 is 1. The van der Waals surface area contributed by atoms with Gasteiger partial charge in [-0.15, -0.1) is 0 Å². The molecule has 2 aliphatic rings. The molecule has 2 aliphatic heterocycles. The van der Waals surface area contributed by atoms with Crippen LogP contribution < -0.4 is 5.32 Å². The molecule has 1 aromatic rings. The minimum absolute atomic E-state index is 0.0872. The Morgan fingerprint density at radius 1 is 1.11 bits per heavy atom. The molecule has 154 valence electrons. The quantitative estimate of drug-likeness (QED) is 0.746. The number of anilines is 1. The van der Waals surface area contributed by atoms with E-state index in [9.17, 15) is 18.4 Å². The number of ether oxygens (including phenoxy) is 3. The fraction of sp³-hybridized carbons (Fsp3) is 0.579. The molecule has 3 rings (SSSR count). The van der Waals surface area contributed by atoms with E-state index in [2.05, 4.69) is 10.1 Å². The third-order valence-corrected chi connectivity index (χ3v) is 4.89. The predicted molar refractivity (Wildman–Crippen MR) is 96.2 cm³/mol. The average Bonchev–Trinajstić information content (AvgIpc) is 3.36. The zero-order valence-electron chi connectivity index (χ0n) is 15.7. The molecule has 2 fully saturated rings. The monoisotopic (exact) mass is 398 g/mol. The first-order valence-corrected chi connectivity index (χ1v) is 9.34. The molecule has 28 heavy (non-hydrogen) atoms. The highest BCUT2D eigenvalue weighted by Crippen LogP contribution is 2.22. The lowest BCUT2D eigenvalue weighted by atomic mass is 10.1. The van der Waals surface area contributed by atoms with Crippen LogP contribution in [0.1, 0.15) is 36.0 Å². The second-order valence-electron chi connectivity index (χ2n) is 6.91. The first kappa shape index (κ1) is 20.5. The van der Waals surface area contributed by atoms with Gasteiger partial charge in [0.1, 0.15) is 11.6 Å². The third kappa shape index (κ3) is 4.96. The molecule has 0 saturated carbocycles. The standard InChI is InChI=1S/C19H24F2N2O5/c1-26-18(24)14-8-17(16(21)9-15(14)20)22-19(25)23(10-12-4-2-6-27-12)11-13-5-3-7-28-13/h8-9,12-13H,2-7,10-11H2,1H3,(H,22,25)/t12-,13+. The zero-order chi connectivity index (χ0) is 20.1. The number of urea groups is 1. The van der Waals surface area contributed by atoms with Crippen molar-refractivity contribution in [2.75, 3.05) is 38.7 Å². The van der Waals surface area contributed by atoms with Gasteiger partial charge in [0, 0.05) is 32.4 Å². The Morgan fingerprint density at radius 2 is 1.71 bits per heavy atom. The van der Waals surface area contributed by atoms with Crippen molar-refractivity contribution in [2.24, 2.45) is 0 Å². The second-order valence-corrected chi connectivity index (χ2v) is 6.91. The van der Waals surface area contributed by atoms with Crippen LogP contribution >= 0.6 is 0 Å². The van der Waals surface area contributed by atoms with Crippen LogP contribution in [0.5, 0.6) is 0 Å². The maximum Gasteiger partial charge on any atom is 0.340 e. The number of nitrogens with zero attached hydrogens (tertiary/aromatic N) is 1. The highest BCUT2D eigenvalue weighted by molar-refractivity contribution is 5.94. The number of amides is 2. The van der Waals surface area contributed by atoms with Crippen molar-refractivity contribution in [3.63, 3.8) is 0 Å². The largest absolute Gasteiger partial charge is 0.465 e. The Balaban J connectivity index is 1.75. The molecule has 2 amide bonds. The van der Waals surface area contributed by atoms with Crippen molar-refractivity contribution < 1.29 is 32.6 Å². The van der Waals surface area contributed by atoms with Crippen LogP contribution in [-0.4, -0.2) is 62.5 Å². The first-order chi connectivity index (χ1) is 13.5. The summed E-state index contributed by atoms with van der Waals surface area (Å²) in [6.07, 6.45) is 3.36. The van der Waals surface area contributed by atoms with Crippen LogP contribution in [0.2, 0.25) is 0 Å². The van der Waals surface area contributed by atoms with E-state index < -0.39 is 29.2 Å². The summed E-state index contributed by atoms with van der Waals surface area (Å²) in [5.41, 5.74) is -0.750. The summed E-state index contributed by atoms with van der Waals surface area (Å²) >= 11 is 0. The van der Waals surface area contributed by atoms with Crippen molar-refractivity contribution in [1.29, 1.82) is 0 Å². The second kappa shape index (κ2) is 9.29. The predicted octanol–water partition coefficient (Wildman–Crippen LogP) is 2.94. The number of rotatable bonds is 6. The zero-order valence-corrected chi connectivity index (χ0v) is 15.7. The Hall–Kier alpha value is -2.26. The summed E-state index contributed by atoms with van der Waals surface area (Å²) in [6, 6.07) is 0.921. The van der Waals surface area contributed by atoms with Crippen LogP contribution in [0.25, 0.3) is 0 Å². The normalized spacial score (nSPS) is 21.5. The number of halogens is 2. The molecule has 0 bridgehead atoms. The van der Waals surface area contributed by atoms with E-state index in [0.29, 0.717) is 32.4 Å². The van der Waals surface area contributed by atoms with Gasteiger partial charge in [-0.1, -0.05) is 0 Å². The summed E-state index contributed by atoms with van der Waals surface area (Å²) in [7, 11) is 1.09. The topological polar surface area (TPSA) is 77.1 Å². The maximum absolute atomic E-state index is 14.2. The summed E-state index contributed by atoms with van der Waals surface area (Å²) in [6.45, 7) is 1.99. The van der Waals surface area contributed by atoms with Gasteiger partial charge >= 0.3 is 12.0 Å². The van der Waals surface area contributed by atoms with Crippen molar-refractivity contribution in [1.82, 2.24) is 4.90 Å². The van der Waals surface area contributed by atoms with Gasteiger partial charge in [0.05, 0.1) is 30.6 Å². The Morgan fingerprint density at radius 3 is 2.21 bits per heavy atom. The molecule has 0 unspecified atom stereocenters. The Bertz CT molecular complexity index is 701. The molecule has 0 spiro atoms. The maximum atomic E-state index is 14.2. The minimum atomic E-state index is -1.06. The number of benzene rings is 1. The molecule has 9 heteroatoms. The van der Waals surface area contributed by atoms with E-state index in [1.807, 2.05) is 0 Å². The fourth-order valence-electron chi connectivity index (χ4n) is 3.41. The highest BCUT2D eigenvalue weighted by Gasteiger charge is 2.28. The molecule has 2 atom stereocenters. The van der Waals surface area contributed by atoms with Gasteiger partial charge in [-0.2, -0.15) is 0 Å². The van der Waals surface area contributed by atoms with Gasteiger partial charge in [-0.3, -0.25) is 0 Å². The number of carbonyl (C=O) groups excluding carboxylic acids is 2. The first-order valence-electron chi connectivity index (χ1n) is 9.34. The summed E-state index contributed by atoms with van der Waals surface area (Å²) in [4.78, 5) is 26.0. The fourth-order valence-corrected chi connectivity index (χ4v) is 3.41.